The van der Waals surface area contributed by atoms with Crippen molar-refractivity contribution in [1.29, 1.82) is 0 Å². The van der Waals surface area contributed by atoms with Crippen LogP contribution in [0.15, 0.2) is 63.5 Å². The molecule has 0 spiro atoms. The van der Waals surface area contributed by atoms with Gasteiger partial charge in [0.25, 0.3) is 5.91 Å². The Balaban J connectivity index is 1.99. The molecular weight excluding hydrogens is 558 g/mol. The van der Waals surface area contributed by atoms with Gasteiger partial charge in [-0.25, -0.2) is 0 Å². The second-order valence-corrected chi connectivity index (χ2v) is 9.23. The van der Waals surface area contributed by atoms with Crippen molar-refractivity contribution in [3.8, 4) is 23.0 Å². The number of hydrogen-bond donors (Lipinski definition) is 3. The molecule has 0 saturated carbocycles. The van der Waals surface area contributed by atoms with Crippen LogP contribution >= 0.6 is 31.9 Å². The molecule has 7 nitrogen and oxygen atoms in total. The van der Waals surface area contributed by atoms with Crippen LogP contribution in [0, 0.1) is 0 Å². The lowest BCUT2D eigenvalue weighted by Crippen LogP contribution is -2.35. The Hall–Kier alpha value is -3.04. The number of para-hydroxylation sites is 1. The van der Waals surface area contributed by atoms with Crippen LogP contribution in [0.4, 0.5) is 5.69 Å². The number of carbonyl (C=O) groups is 2. The Labute approximate surface area is 207 Å². The quantitative estimate of drug-likeness (QED) is 0.305. The Morgan fingerprint density at radius 2 is 1.61 bits per heavy atom. The van der Waals surface area contributed by atoms with E-state index in [1.165, 1.54) is 12.1 Å². The third-order valence-corrected chi connectivity index (χ3v) is 5.99. The molecule has 3 aromatic rings. The fraction of sp³-hybridized carbons (Fsp3) is 0.167. The summed E-state index contributed by atoms with van der Waals surface area (Å²) in [5.74, 6) is -0.947. The molecule has 3 aromatic carbocycles. The van der Waals surface area contributed by atoms with Crippen LogP contribution in [0.2, 0.25) is 0 Å². The van der Waals surface area contributed by atoms with E-state index in [1.54, 1.807) is 42.5 Å². The van der Waals surface area contributed by atoms with Crippen LogP contribution in [0.25, 0.3) is 0 Å². The summed E-state index contributed by atoms with van der Waals surface area (Å²) in [6.45, 7) is 3.30. The molecule has 0 atom stereocenters. The first-order valence-electron chi connectivity index (χ1n) is 9.90. The number of ether oxygens (including phenoxy) is 1. The van der Waals surface area contributed by atoms with Crippen LogP contribution < -0.4 is 9.64 Å². The molecule has 33 heavy (non-hydrogen) atoms. The highest BCUT2D eigenvalue weighted by atomic mass is 79.9. The van der Waals surface area contributed by atoms with E-state index < -0.39 is 18.4 Å². The lowest BCUT2D eigenvalue weighted by Gasteiger charge is -2.23. The summed E-state index contributed by atoms with van der Waals surface area (Å²) >= 11 is 6.87. The van der Waals surface area contributed by atoms with Gasteiger partial charge in [-0.15, -0.1) is 0 Å². The van der Waals surface area contributed by atoms with Gasteiger partial charge in [0.15, 0.2) is 5.75 Å². The molecular formula is C24H21Br2NO6. The molecule has 0 saturated heterocycles. The summed E-state index contributed by atoms with van der Waals surface area (Å²) in [6, 6.07) is 14.0. The Morgan fingerprint density at radius 3 is 2.18 bits per heavy atom. The van der Waals surface area contributed by atoms with E-state index in [0.717, 1.165) is 10.5 Å². The van der Waals surface area contributed by atoms with Crippen molar-refractivity contribution in [3.63, 3.8) is 0 Å². The predicted octanol–water partition coefficient (Wildman–Crippen LogP) is 6.27. The van der Waals surface area contributed by atoms with Gasteiger partial charge in [-0.2, -0.15) is 0 Å². The number of phenols is 2. The number of nitrogens with zero attached hydrogens (tertiary/aromatic N) is 1. The molecule has 0 heterocycles. The second-order valence-electron chi connectivity index (χ2n) is 7.52. The monoisotopic (exact) mass is 577 g/mol. The van der Waals surface area contributed by atoms with Crippen LogP contribution in [-0.4, -0.2) is 33.7 Å². The van der Waals surface area contributed by atoms with Crippen LogP contribution in [-0.2, 0) is 4.79 Å². The predicted molar refractivity (Wildman–Crippen MR) is 132 cm³/mol. The number of aliphatic carboxylic acids is 1. The van der Waals surface area contributed by atoms with Gasteiger partial charge >= 0.3 is 5.97 Å². The zero-order valence-electron chi connectivity index (χ0n) is 17.8. The number of carbonyl (C=O) groups excluding carboxylic acids is 1. The third-order valence-electron chi connectivity index (χ3n) is 4.81. The summed E-state index contributed by atoms with van der Waals surface area (Å²) in [4.78, 5) is 25.6. The standard InChI is InChI=1S/C24H21Br2NO6/c1-13(2)17-11-15(7-8-21(17)29)33-23-18(25)9-14(10-19(23)26)27(12-22(30)31)24(32)16-5-3-4-6-20(16)28/h3-11,13,28-29H,12H2,1-2H3,(H,30,31). The van der Waals surface area contributed by atoms with Gasteiger partial charge in [0.2, 0.25) is 0 Å². The lowest BCUT2D eigenvalue weighted by molar-refractivity contribution is -0.135. The summed E-state index contributed by atoms with van der Waals surface area (Å²) < 4.78 is 6.93. The first kappa shape index (κ1) is 24.6. The average Bonchev–Trinajstić information content (AvgIpc) is 2.75. The second kappa shape index (κ2) is 10.3. The summed E-state index contributed by atoms with van der Waals surface area (Å²) in [6.07, 6.45) is 0. The lowest BCUT2D eigenvalue weighted by atomic mass is 10.0. The Bertz CT molecular complexity index is 1190. The molecule has 0 fully saturated rings. The van der Waals surface area contributed by atoms with E-state index in [0.29, 0.717) is 20.4 Å². The SMILES string of the molecule is CC(C)c1cc(Oc2c(Br)cc(N(CC(=O)O)C(=O)c3ccccc3O)cc2Br)ccc1O. The van der Waals surface area contributed by atoms with Crippen molar-refractivity contribution in [1.82, 2.24) is 0 Å². The average molecular weight is 579 g/mol. The number of halogens is 2. The molecule has 0 aromatic heterocycles. The number of anilines is 1. The molecule has 0 radical (unpaired) electrons. The molecule has 0 aliphatic carbocycles. The van der Waals surface area contributed by atoms with E-state index in [1.807, 2.05) is 13.8 Å². The fourth-order valence-corrected chi connectivity index (χ4v) is 4.52. The summed E-state index contributed by atoms with van der Waals surface area (Å²) in [5, 5.41) is 29.5. The van der Waals surface area contributed by atoms with Gasteiger partial charge in [-0.05, 0) is 80.2 Å². The van der Waals surface area contributed by atoms with Crippen LogP contribution in [0.3, 0.4) is 0 Å². The number of carboxylic acid groups (broad SMARTS) is 1. The van der Waals surface area contributed by atoms with Crippen molar-refractivity contribution in [2.45, 2.75) is 19.8 Å². The zero-order chi connectivity index (χ0) is 24.3. The third kappa shape index (κ3) is 5.66. The normalized spacial score (nSPS) is 10.8. The number of benzene rings is 3. The summed E-state index contributed by atoms with van der Waals surface area (Å²) in [7, 11) is 0. The number of hydrogen-bond acceptors (Lipinski definition) is 5. The molecule has 3 N–H and O–H groups in total. The van der Waals surface area contributed by atoms with Crippen molar-refractivity contribution in [3.05, 3.63) is 74.7 Å². The number of aromatic hydroxyl groups is 2. The molecule has 3 rings (SSSR count). The smallest absolute Gasteiger partial charge is 0.323 e. The van der Waals surface area contributed by atoms with Gasteiger partial charge in [0.05, 0.1) is 14.5 Å². The largest absolute Gasteiger partial charge is 0.508 e. The van der Waals surface area contributed by atoms with E-state index >= 15 is 0 Å². The van der Waals surface area contributed by atoms with Crippen molar-refractivity contribution in [2.24, 2.45) is 0 Å². The molecule has 0 bridgehead atoms. The highest BCUT2D eigenvalue weighted by molar-refractivity contribution is 9.11. The van der Waals surface area contributed by atoms with Crippen LogP contribution in [0.5, 0.6) is 23.0 Å². The van der Waals surface area contributed by atoms with Crippen LogP contribution in [0.1, 0.15) is 35.7 Å². The number of rotatable bonds is 7. The summed E-state index contributed by atoms with van der Waals surface area (Å²) in [5.41, 5.74) is 0.999. The van der Waals surface area contributed by atoms with Crippen molar-refractivity contribution >= 4 is 49.4 Å². The number of phenolic OH excluding ortho intramolecular Hbond substituents is 2. The maximum absolute atomic E-state index is 13.1. The minimum atomic E-state index is -1.21. The Morgan fingerprint density at radius 1 is 0.970 bits per heavy atom. The number of carboxylic acids is 1. The maximum Gasteiger partial charge on any atom is 0.323 e. The topological polar surface area (TPSA) is 107 Å². The highest BCUT2D eigenvalue weighted by Gasteiger charge is 2.25. The molecule has 172 valence electrons. The van der Waals surface area contributed by atoms with Crippen molar-refractivity contribution in [2.75, 3.05) is 11.4 Å². The van der Waals surface area contributed by atoms with Gasteiger partial charge in [0, 0.05) is 11.3 Å². The fourth-order valence-electron chi connectivity index (χ4n) is 3.19. The highest BCUT2D eigenvalue weighted by Crippen LogP contribution is 2.41. The van der Waals surface area contributed by atoms with Crippen molar-refractivity contribution < 1.29 is 29.6 Å². The van der Waals surface area contributed by atoms with E-state index in [2.05, 4.69) is 31.9 Å². The molecule has 1 amide bonds. The minimum absolute atomic E-state index is 0.0170. The molecule has 9 heteroatoms. The van der Waals surface area contributed by atoms with E-state index in [4.69, 9.17) is 4.74 Å². The molecule has 0 aliphatic heterocycles. The minimum Gasteiger partial charge on any atom is -0.508 e. The van der Waals surface area contributed by atoms with Gasteiger partial charge in [0.1, 0.15) is 23.8 Å². The molecule has 0 aliphatic rings. The maximum atomic E-state index is 13.1. The van der Waals surface area contributed by atoms with Gasteiger partial charge in [-0.3, -0.25) is 14.5 Å². The first-order chi connectivity index (χ1) is 15.6. The number of amides is 1. The first-order valence-corrected chi connectivity index (χ1v) is 11.5. The van der Waals surface area contributed by atoms with Gasteiger partial charge in [-0.1, -0.05) is 26.0 Å². The van der Waals surface area contributed by atoms with Gasteiger partial charge < -0.3 is 20.1 Å². The van der Waals surface area contributed by atoms with E-state index in [-0.39, 0.29) is 28.7 Å². The molecule has 0 unspecified atom stereocenters. The van der Waals surface area contributed by atoms with E-state index in [9.17, 15) is 24.9 Å². The Kier molecular flexibility index (Phi) is 7.65. The zero-order valence-corrected chi connectivity index (χ0v) is 20.9.